The van der Waals surface area contributed by atoms with Gasteiger partial charge in [-0.1, -0.05) is 0 Å². The Balaban J connectivity index is 1.77. The van der Waals surface area contributed by atoms with E-state index in [1.165, 1.54) is 17.5 Å². The van der Waals surface area contributed by atoms with Crippen molar-refractivity contribution in [3.63, 3.8) is 0 Å². The Labute approximate surface area is 121 Å². The summed E-state index contributed by atoms with van der Waals surface area (Å²) in [6, 6.07) is 3.67. The molecular formula is C13H8N2O3S2. The molecule has 0 amide bonds. The van der Waals surface area contributed by atoms with E-state index in [9.17, 15) is 4.79 Å². The van der Waals surface area contributed by atoms with Gasteiger partial charge in [-0.15, -0.1) is 22.7 Å². The largest absolute Gasteiger partial charge is 0.477 e. The molecule has 0 bridgehead atoms. The Morgan fingerprint density at radius 2 is 2.15 bits per heavy atom. The Morgan fingerprint density at radius 3 is 2.85 bits per heavy atom. The van der Waals surface area contributed by atoms with Gasteiger partial charge in [-0.05, 0) is 24.3 Å². The van der Waals surface area contributed by atoms with Crippen LogP contribution in [0.4, 0.5) is 0 Å². The zero-order valence-electron chi connectivity index (χ0n) is 10.0. The monoisotopic (exact) mass is 304 g/mol. The molecule has 3 aromatic rings. The molecule has 100 valence electrons. The number of furan rings is 1. The van der Waals surface area contributed by atoms with Gasteiger partial charge in [0.25, 0.3) is 0 Å². The third-order valence-electron chi connectivity index (χ3n) is 2.38. The Morgan fingerprint density at radius 1 is 1.25 bits per heavy atom. The van der Waals surface area contributed by atoms with Gasteiger partial charge in [0.15, 0.2) is 10.8 Å². The molecule has 0 unspecified atom stereocenters. The van der Waals surface area contributed by atoms with Crippen molar-refractivity contribution < 1.29 is 14.3 Å². The number of carboxylic acids is 1. The van der Waals surface area contributed by atoms with E-state index >= 15 is 0 Å². The molecule has 0 fully saturated rings. The van der Waals surface area contributed by atoms with Crippen molar-refractivity contribution in [1.82, 2.24) is 9.97 Å². The molecular weight excluding hydrogens is 296 g/mol. The van der Waals surface area contributed by atoms with Crippen LogP contribution in [0.25, 0.3) is 22.9 Å². The van der Waals surface area contributed by atoms with Crippen LogP contribution in [-0.2, 0) is 0 Å². The van der Waals surface area contributed by atoms with E-state index in [1.54, 1.807) is 18.5 Å². The second kappa shape index (κ2) is 5.40. The first kappa shape index (κ1) is 12.8. The van der Waals surface area contributed by atoms with Gasteiger partial charge >= 0.3 is 5.97 Å². The minimum Gasteiger partial charge on any atom is -0.477 e. The molecule has 0 aliphatic rings. The zero-order valence-corrected chi connectivity index (χ0v) is 11.6. The topological polar surface area (TPSA) is 76.2 Å². The van der Waals surface area contributed by atoms with Gasteiger partial charge in [-0.25, -0.2) is 14.8 Å². The smallest absolute Gasteiger partial charge is 0.347 e. The molecule has 0 saturated heterocycles. The van der Waals surface area contributed by atoms with Crippen molar-refractivity contribution in [3.05, 3.63) is 45.6 Å². The molecule has 3 aromatic heterocycles. The number of hydrogen-bond acceptors (Lipinski definition) is 6. The van der Waals surface area contributed by atoms with E-state index in [-0.39, 0.29) is 4.88 Å². The summed E-state index contributed by atoms with van der Waals surface area (Å²) in [5.74, 6) is -0.225. The first-order valence-electron chi connectivity index (χ1n) is 5.59. The first-order valence-corrected chi connectivity index (χ1v) is 7.22. The van der Waals surface area contributed by atoms with Crippen molar-refractivity contribution >= 4 is 40.8 Å². The summed E-state index contributed by atoms with van der Waals surface area (Å²) in [6.45, 7) is 0. The van der Waals surface area contributed by atoms with Crippen molar-refractivity contribution in [1.29, 1.82) is 0 Å². The molecule has 0 aliphatic heterocycles. The molecule has 3 rings (SSSR count). The highest BCUT2D eigenvalue weighted by Crippen LogP contribution is 2.26. The molecule has 20 heavy (non-hydrogen) atoms. The summed E-state index contributed by atoms with van der Waals surface area (Å²) < 4.78 is 5.27. The lowest BCUT2D eigenvalue weighted by Crippen LogP contribution is -1.89. The lowest BCUT2D eigenvalue weighted by atomic mass is 10.4. The summed E-state index contributed by atoms with van der Waals surface area (Å²) in [6.07, 6.45) is 8.33. The molecule has 1 N–H and O–H groups in total. The number of carbonyl (C=O) groups is 1. The Kier molecular flexibility index (Phi) is 3.44. The third kappa shape index (κ3) is 2.68. The number of thiazole rings is 2. The van der Waals surface area contributed by atoms with E-state index in [0.717, 1.165) is 27.0 Å². The molecule has 3 heterocycles. The number of hydrogen-bond donors (Lipinski definition) is 1. The predicted molar refractivity (Wildman–Crippen MR) is 77.8 cm³/mol. The number of aromatic carboxylic acids is 1. The summed E-state index contributed by atoms with van der Waals surface area (Å²) in [4.78, 5) is 20.2. The predicted octanol–water partition coefficient (Wildman–Crippen LogP) is 3.73. The standard InChI is InChI=1S/C13H8N2O3S2/c16-13(17)10-7-14-11(20-10)4-3-8-6-15-12(19-8)9-2-1-5-18-9/h1-7H,(H,16,17)/b4-3+. The van der Waals surface area contributed by atoms with Gasteiger partial charge < -0.3 is 9.52 Å². The van der Waals surface area contributed by atoms with Crippen LogP contribution in [-0.4, -0.2) is 21.0 Å². The number of carboxylic acid groups (broad SMARTS) is 1. The Bertz CT molecular complexity index is 756. The van der Waals surface area contributed by atoms with Crippen molar-refractivity contribution in [2.24, 2.45) is 0 Å². The molecule has 0 aliphatic carbocycles. The number of aromatic nitrogens is 2. The first-order chi connectivity index (χ1) is 9.72. The van der Waals surface area contributed by atoms with Crippen molar-refractivity contribution in [2.75, 3.05) is 0 Å². The quantitative estimate of drug-likeness (QED) is 0.794. The second-order valence-electron chi connectivity index (χ2n) is 3.75. The van der Waals surface area contributed by atoms with Crippen LogP contribution < -0.4 is 0 Å². The van der Waals surface area contributed by atoms with Gasteiger partial charge in [-0.3, -0.25) is 0 Å². The molecule has 0 atom stereocenters. The summed E-state index contributed by atoms with van der Waals surface area (Å²) in [7, 11) is 0. The highest BCUT2D eigenvalue weighted by molar-refractivity contribution is 7.16. The van der Waals surface area contributed by atoms with Gasteiger partial charge in [0.1, 0.15) is 9.88 Å². The molecule has 0 spiro atoms. The summed E-state index contributed by atoms with van der Waals surface area (Å²) in [5, 5.41) is 10.3. The van der Waals surface area contributed by atoms with E-state index in [4.69, 9.17) is 9.52 Å². The normalized spacial score (nSPS) is 11.2. The fourth-order valence-electron chi connectivity index (χ4n) is 1.49. The SMILES string of the molecule is O=C(O)c1cnc(/C=C/c2cnc(-c3ccco3)s2)s1. The van der Waals surface area contributed by atoms with Crippen LogP contribution in [0.5, 0.6) is 0 Å². The second-order valence-corrected chi connectivity index (χ2v) is 5.87. The van der Waals surface area contributed by atoms with Gasteiger partial charge in [0.05, 0.1) is 12.5 Å². The molecule has 0 saturated carbocycles. The molecule has 5 nitrogen and oxygen atoms in total. The maximum absolute atomic E-state index is 10.8. The van der Waals surface area contributed by atoms with E-state index < -0.39 is 5.97 Å². The summed E-state index contributed by atoms with van der Waals surface area (Å²) in [5.41, 5.74) is 0. The maximum atomic E-state index is 10.8. The Hall–Kier alpha value is -2.25. The van der Waals surface area contributed by atoms with E-state index in [2.05, 4.69) is 9.97 Å². The van der Waals surface area contributed by atoms with E-state index in [1.807, 2.05) is 18.2 Å². The highest BCUT2D eigenvalue weighted by Gasteiger charge is 2.07. The van der Waals surface area contributed by atoms with Gasteiger partial charge in [-0.2, -0.15) is 0 Å². The molecule has 0 aromatic carbocycles. The molecule has 7 heteroatoms. The third-order valence-corrected chi connectivity index (χ3v) is 4.31. The van der Waals surface area contributed by atoms with Crippen LogP contribution in [0.15, 0.2) is 35.2 Å². The van der Waals surface area contributed by atoms with Crippen LogP contribution in [0, 0.1) is 0 Å². The van der Waals surface area contributed by atoms with Crippen LogP contribution >= 0.6 is 22.7 Å². The van der Waals surface area contributed by atoms with Crippen LogP contribution in [0.2, 0.25) is 0 Å². The lowest BCUT2D eigenvalue weighted by Gasteiger charge is -1.85. The summed E-state index contributed by atoms with van der Waals surface area (Å²) >= 11 is 2.62. The molecule has 0 radical (unpaired) electrons. The maximum Gasteiger partial charge on any atom is 0.347 e. The fourth-order valence-corrected chi connectivity index (χ4v) is 2.94. The number of nitrogens with zero attached hydrogens (tertiary/aromatic N) is 2. The highest BCUT2D eigenvalue weighted by atomic mass is 32.1. The van der Waals surface area contributed by atoms with Crippen molar-refractivity contribution in [3.8, 4) is 10.8 Å². The fraction of sp³-hybridized carbons (Fsp3) is 0. The lowest BCUT2D eigenvalue weighted by molar-refractivity contribution is 0.0702. The van der Waals surface area contributed by atoms with E-state index in [0.29, 0.717) is 5.01 Å². The average molecular weight is 304 g/mol. The number of rotatable bonds is 4. The van der Waals surface area contributed by atoms with Gasteiger partial charge in [0.2, 0.25) is 0 Å². The van der Waals surface area contributed by atoms with Crippen molar-refractivity contribution in [2.45, 2.75) is 0 Å². The van der Waals surface area contributed by atoms with Crippen LogP contribution in [0.1, 0.15) is 19.6 Å². The minimum absolute atomic E-state index is 0.227. The average Bonchev–Trinajstić information content (AvgIpc) is 3.17. The minimum atomic E-state index is -0.958. The van der Waals surface area contributed by atoms with Crippen LogP contribution in [0.3, 0.4) is 0 Å². The zero-order chi connectivity index (χ0) is 13.9. The van der Waals surface area contributed by atoms with Gasteiger partial charge in [0, 0.05) is 11.1 Å².